The largest absolute Gasteiger partial charge is 0.387 e. The van der Waals surface area contributed by atoms with E-state index in [0.29, 0.717) is 11.3 Å². The van der Waals surface area contributed by atoms with Crippen LogP contribution in [0.1, 0.15) is 12.6 Å². The Balaban J connectivity index is 2.68. The van der Waals surface area contributed by atoms with Gasteiger partial charge in [0.15, 0.2) is 5.82 Å². The number of hydrogen-bond donors (Lipinski definition) is 2. The summed E-state index contributed by atoms with van der Waals surface area (Å²) < 4.78 is 27.9. The molecule has 0 unspecified atom stereocenters. The zero-order chi connectivity index (χ0) is 16.4. The third-order valence-electron chi connectivity index (χ3n) is 3.02. The molecule has 0 saturated carbocycles. The molecule has 114 valence electrons. The molecule has 0 spiro atoms. The number of nitrogens with one attached hydrogen (secondary N) is 2. The summed E-state index contributed by atoms with van der Waals surface area (Å²) in [6, 6.07) is 0. The molecule has 2 N–H and O–H groups in total. The fourth-order valence-corrected chi connectivity index (χ4v) is 2.20. The number of nitrogens with zero attached hydrogens (tertiary/aromatic N) is 2. The van der Waals surface area contributed by atoms with Gasteiger partial charge >= 0.3 is 0 Å². The summed E-state index contributed by atoms with van der Waals surface area (Å²) in [5, 5.41) is 10.6. The first-order valence-corrected chi connectivity index (χ1v) is 6.67. The van der Waals surface area contributed by atoms with Gasteiger partial charge in [0, 0.05) is 23.9 Å². The highest BCUT2D eigenvalue weighted by Gasteiger charge is 2.22. The lowest BCUT2D eigenvalue weighted by Crippen LogP contribution is -2.17. The third-order valence-corrected chi connectivity index (χ3v) is 3.21. The van der Waals surface area contributed by atoms with Crippen LogP contribution in [-0.2, 0) is 0 Å². The fourth-order valence-electron chi connectivity index (χ4n) is 2.07. The molecule has 0 amide bonds. The number of allylic oxidation sites excluding steroid dienone is 6. The predicted octanol–water partition coefficient (Wildman–Crippen LogP) is 3.59. The molecule has 2 rings (SSSR count). The van der Waals surface area contributed by atoms with Crippen molar-refractivity contribution in [1.29, 1.82) is 5.41 Å². The summed E-state index contributed by atoms with van der Waals surface area (Å²) in [6.07, 6.45) is 3.42. The monoisotopic (exact) mass is 322 g/mol. The lowest BCUT2D eigenvalue weighted by Gasteiger charge is -2.17. The Morgan fingerprint density at radius 3 is 2.64 bits per heavy atom. The number of aromatic nitrogens is 2. The van der Waals surface area contributed by atoms with Gasteiger partial charge in [-0.3, -0.25) is 5.41 Å². The van der Waals surface area contributed by atoms with Crippen molar-refractivity contribution in [3.05, 3.63) is 64.4 Å². The Bertz CT molecular complexity index is 763. The van der Waals surface area contributed by atoms with Gasteiger partial charge in [0.25, 0.3) is 0 Å². The number of rotatable bonds is 3. The average molecular weight is 323 g/mol. The smallest absolute Gasteiger partial charge is 0.223 e. The van der Waals surface area contributed by atoms with Crippen LogP contribution in [0, 0.1) is 11.2 Å². The number of halogens is 3. The van der Waals surface area contributed by atoms with Crippen molar-refractivity contribution >= 4 is 22.9 Å². The summed E-state index contributed by atoms with van der Waals surface area (Å²) in [5.74, 6) is -1.52. The quantitative estimate of drug-likeness (QED) is 0.836. The van der Waals surface area contributed by atoms with E-state index in [1.54, 1.807) is 14.0 Å². The molecule has 1 aliphatic carbocycles. The molecule has 1 aromatic rings. The molecule has 1 heterocycles. The molecule has 1 aromatic heterocycles. The second-order valence-corrected chi connectivity index (χ2v) is 4.96. The molecule has 0 fully saturated rings. The lowest BCUT2D eigenvalue weighted by atomic mass is 9.93. The van der Waals surface area contributed by atoms with E-state index < -0.39 is 11.6 Å². The first-order chi connectivity index (χ1) is 10.3. The Hall–Kier alpha value is -2.34. The van der Waals surface area contributed by atoms with Crippen LogP contribution in [0.2, 0.25) is 5.28 Å². The van der Waals surface area contributed by atoms with Crippen molar-refractivity contribution in [2.24, 2.45) is 0 Å². The van der Waals surface area contributed by atoms with Crippen LogP contribution < -0.4 is 5.32 Å². The van der Waals surface area contributed by atoms with Crippen molar-refractivity contribution in [3.8, 4) is 0 Å². The van der Waals surface area contributed by atoms with E-state index in [9.17, 15) is 8.78 Å². The second kappa shape index (κ2) is 6.19. The third kappa shape index (κ3) is 2.96. The molecule has 0 aromatic carbocycles. The molecular formula is C15H13ClF2N4. The Kier molecular flexibility index (Phi) is 4.51. The Labute approximate surface area is 131 Å². The van der Waals surface area contributed by atoms with E-state index >= 15 is 0 Å². The van der Waals surface area contributed by atoms with Gasteiger partial charge in [0.2, 0.25) is 5.28 Å². The SMILES string of the molecule is C=C(C)/C(NC)=C1\C=C(c2nc(Cl)ncc2F)C=C(F)C1=N. The maximum absolute atomic E-state index is 14.1. The molecule has 4 nitrogen and oxygen atoms in total. The van der Waals surface area contributed by atoms with Gasteiger partial charge in [0.05, 0.1) is 11.9 Å². The molecule has 0 saturated heterocycles. The summed E-state index contributed by atoms with van der Waals surface area (Å²) in [7, 11) is 1.64. The van der Waals surface area contributed by atoms with Crippen LogP contribution in [0.3, 0.4) is 0 Å². The van der Waals surface area contributed by atoms with Crippen LogP contribution in [0.15, 0.2) is 47.6 Å². The van der Waals surface area contributed by atoms with E-state index in [2.05, 4.69) is 21.9 Å². The van der Waals surface area contributed by atoms with Gasteiger partial charge in [-0.1, -0.05) is 6.58 Å². The molecule has 0 radical (unpaired) electrons. The van der Waals surface area contributed by atoms with Crippen LogP contribution in [0.5, 0.6) is 0 Å². The number of likely N-dealkylation sites (N-methyl/N-ethyl adjacent to an activating group) is 1. The minimum atomic E-state index is -0.796. The molecule has 7 heteroatoms. The van der Waals surface area contributed by atoms with Gasteiger partial charge in [-0.25, -0.2) is 18.7 Å². The summed E-state index contributed by atoms with van der Waals surface area (Å²) in [6.45, 7) is 5.50. The Morgan fingerprint density at radius 1 is 1.36 bits per heavy atom. The molecular weight excluding hydrogens is 310 g/mol. The summed E-state index contributed by atoms with van der Waals surface area (Å²) >= 11 is 5.67. The van der Waals surface area contributed by atoms with Crippen LogP contribution in [0.25, 0.3) is 5.57 Å². The topological polar surface area (TPSA) is 61.7 Å². The standard InChI is InChI=1S/C15H13ClF2N4/c1-7(2)13(20-3)9-4-8(5-10(17)12(9)19)14-11(18)6-21-15(16)22-14/h4-6,19-20H,1H2,2-3H3/b13-9-,19-12?. The predicted molar refractivity (Wildman–Crippen MR) is 82.8 cm³/mol. The van der Waals surface area contributed by atoms with Crippen LogP contribution >= 0.6 is 11.6 Å². The van der Waals surface area contributed by atoms with Crippen LogP contribution in [-0.4, -0.2) is 22.7 Å². The maximum Gasteiger partial charge on any atom is 0.223 e. The fraction of sp³-hybridized carbons (Fsp3) is 0.133. The minimum Gasteiger partial charge on any atom is -0.387 e. The van der Waals surface area contributed by atoms with Crippen molar-refractivity contribution in [3.63, 3.8) is 0 Å². The highest BCUT2D eigenvalue weighted by atomic mass is 35.5. The van der Waals surface area contributed by atoms with Gasteiger partial charge in [-0.15, -0.1) is 0 Å². The molecule has 22 heavy (non-hydrogen) atoms. The lowest BCUT2D eigenvalue weighted by molar-refractivity contribution is 0.608. The molecule has 0 aliphatic heterocycles. The van der Waals surface area contributed by atoms with E-state index in [1.165, 1.54) is 6.08 Å². The zero-order valence-electron chi connectivity index (χ0n) is 12.0. The van der Waals surface area contributed by atoms with Crippen molar-refractivity contribution < 1.29 is 8.78 Å². The summed E-state index contributed by atoms with van der Waals surface area (Å²) in [5.41, 5.74) is 1.10. The number of hydrogen-bond acceptors (Lipinski definition) is 4. The Morgan fingerprint density at radius 2 is 2.05 bits per heavy atom. The van der Waals surface area contributed by atoms with E-state index in [0.717, 1.165) is 12.3 Å². The van der Waals surface area contributed by atoms with Crippen molar-refractivity contribution in [1.82, 2.24) is 15.3 Å². The van der Waals surface area contributed by atoms with E-state index in [4.69, 9.17) is 17.0 Å². The summed E-state index contributed by atoms with van der Waals surface area (Å²) in [4.78, 5) is 7.31. The zero-order valence-corrected chi connectivity index (χ0v) is 12.7. The second-order valence-electron chi connectivity index (χ2n) is 4.62. The first kappa shape index (κ1) is 16.0. The average Bonchev–Trinajstić information content (AvgIpc) is 2.46. The minimum absolute atomic E-state index is 0.127. The van der Waals surface area contributed by atoms with Crippen molar-refractivity contribution in [2.75, 3.05) is 7.05 Å². The molecule has 0 atom stereocenters. The van der Waals surface area contributed by atoms with Gasteiger partial charge in [-0.05, 0) is 36.2 Å². The van der Waals surface area contributed by atoms with E-state index in [1.807, 2.05) is 0 Å². The van der Waals surface area contributed by atoms with Crippen molar-refractivity contribution in [2.45, 2.75) is 6.92 Å². The highest BCUT2D eigenvalue weighted by Crippen LogP contribution is 2.30. The maximum atomic E-state index is 14.1. The first-order valence-electron chi connectivity index (χ1n) is 6.29. The van der Waals surface area contributed by atoms with Gasteiger partial charge in [0.1, 0.15) is 11.5 Å². The molecule has 1 aliphatic rings. The van der Waals surface area contributed by atoms with E-state index in [-0.39, 0.29) is 27.8 Å². The highest BCUT2D eigenvalue weighted by molar-refractivity contribution is 6.28. The van der Waals surface area contributed by atoms with Gasteiger partial charge in [-0.2, -0.15) is 0 Å². The molecule has 0 bridgehead atoms. The normalized spacial score (nSPS) is 16.9. The van der Waals surface area contributed by atoms with Crippen LogP contribution in [0.4, 0.5) is 8.78 Å². The van der Waals surface area contributed by atoms with Gasteiger partial charge < -0.3 is 5.32 Å².